The monoisotopic (exact) mass is 229 g/mol. The second-order valence-electron chi connectivity index (χ2n) is 3.38. The fourth-order valence-corrected chi connectivity index (χ4v) is 1.10. The Kier molecular flexibility index (Phi) is 3.89. The molecule has 0 aromatic carbocycles. The minimum Gasteiger partial charge on any atom is -0.346 e. The largest absolute Gasteiger partial charge is 0.346 e. The lowest BCUT2D eigenvalue weighted by Crippen LogP contribution is -2.41. The number of carbonyl (C=O) groups is 1. The van der Waals surface area contributed by atoms with E-state index in [1.807, 2.05) is 0 Å². The lowest BCUT2D eigenvalue weighted by atomic mass is 10.2. The van der Waals surface area contributed by atoms with E-state index in [1.54, 1.807) is 13.0 Å². The molecule has 4 nitrogen and oxygen atoms in total. The van der Waals surface area contributed by atoms with Gasteiger partial charge in [-0.05, 0) is 19.1 Å². The van der Waals surface area contributed by atoms with Gasteiger partial charge in [-0.25, -0.2) is 8.78 Å². The number of pyridine rings is 1. The van der Waals surface area contributed by atoms with Crippen LogP contribution in [0.1, 0.15) is 16.1 Å². The summed E-state index contributed by atoms with van der Waals surface area (Å²) < 4.78 is 25.5. The molecule has 1 amide bonds. The average Bonchev–Trinajstić information content (AvgIpc) is 2.27. The maximum atomic E-state index is 12.8. The number of rotatable bonds is 4. The van der Waals surface area contributed by atoms with Gasteiger partial charge in [0, 0.05) is 11.9 Å². The first-order chi connectivity index (χ1) is 7.46. The van der Waals surface area contributed by atoms with E-state index in [1.165, 1.54) is 12.3 Å². The van der Waals surface area contributed by atoms with Crippen molar-refractivity contribution in [3.05, 3.63) is 29.6 Å². The first kappa shape index (κ1) is 12.5. The van der Waals surface area contributed by atoms with Gasteiger partial charge in [0.1, 0.15) is 0 Å². The van der Waals surface area contributed by atoms with Crippen LogP contribution >= 0.6 is 0 Å². The summed E-state index contributed by atoms with van der Waals surface area (Å²) in [6.45, 7) is 0.0754. The van der Waals surface area contributed by atoms with Gasteiger partial charge in [-0.2, -0.15) is 0 Å². The van der Waals surface area contributed by atoms with E-state index in [0.29, 0.717) is 5.69 Å². The predicted octanol–water partition coefficient (Wildman–Crippen LogP) is 0.714. The van der Waals surface area contributed by atoms with Gasteiger partial charge >= 0.3 is 0 Å². The van der Waals surface area contributed by atoms with Crippen LogP contribution in [0.5, 0.6) is 0 Å². The van der Waals surface area contributed by atoms with Crippen molar-refractivity contribution in [2.24, 2.45) is 5.73 Å². The van der Waals surface area contributed by atoms with Crippen LogP contribution in [-0.4, -0.2) is 29.9 Å². The first-order valence-corrected chi connectivity index (χ1v) is 4.74. The zero-order valence-corrected chi connectivity index (χ0v) is 8.84. The SMILES string of the molecule is Cc1ncccc1C(=O)NCC(F)(F)CN. The van der Waals surface area contributed by atoms with Crippen LogP contribution in [-0.2, 0) is 0 Å². The Morgan fingerprint density at radius 1 is 1.62 bits per heavy atom. The highest BCUT2D eigenvalue weighted by atomic mass is 19.3. The third kappa shape index (κ3) is 3.23. The number of carbonyl (C=O) groups excluding carboxylic acids is 1. The summed E-state index contributed by atoms with van der Waals surface area (Å²) in [5, 5.41) is 2.12. The summed E-state index contributed by atoms with van der Waals surface area (Å²) >= 11 is 0. The third-order valence-electron chi connectivity index (χ3n) is 2.06. The molecule has 1 aromatic heterocycles. The van der Waals surface area contributed by atoms with Crippen LogP contribution in [0.15, 0.2) is 18.3 Å². The van der Waals surface area contributed by atoms with E-state index < -0.39 is 24.9 Å². The van der Waals surface area contributed by atoms with Gasteiger partial charge in [0.25, 0.3) is 11.8 Å². The van der Waals surface area contributed by atoms with Crippen molar-refractivity contribution in [3.8, 4) is 0 Å². The standard InChI is InChI=1S/C10H13F2N3O/c1-7-8(3-2-4-14-7)9(16)15-6-10(11,12)5-13/h2-4H,5-6,13H2,1H3,(H,15,16). The van der Waals surface area contributed by atoms with Crippen LogP contribution in [0.25, 0.3) is 0 Å². The van der Waals surface area contributed by atoms with E-state index in [-0.39, 0.29) is 5.56 Å². The predicted molar refractivity (Wildman–Crippen MR) is 55.3 cm³/mol. The van der Waals surface area contributed by atoms with Gasteiger partial charge in [0.2, 0.25) is 0 Å². The lowest BCUT2D eigenvalue weighted by Gasteiger charge is -2.14. The molecule has 0 bridgehead atoms. The van der Waals surface area contributed by atoms with E-state index in [9.17, 15) is 13.6 Å². The summed E-state index contributed by atoms with van der Waals surface area (Å²) in [5.41, 5.74) is 5.63. The highest BCUT2D eigenvalue weighted by molar-refractivity contribution is 5.95. The molecule has 16 heavy (non-hydrogen) atoms. The van der Waals surface area contributed by atoms with Crippen molar-refractivity contribution in [2.45, 2.75) is 12.8 Å². The molecule has 1 heterocycles. The molecular formula is C10H13F2N3O. The molecule has 88 valence electrons. The Morgan fingerprint density at radius 2 is 2.31 bits per heavy atom. The van der Waals surface area contributed by atoms with Crippen molar-refractivity contribution in [3.63, 3.8) is 0 Å². The number of halogens is 2. The van der Waals surface area contributed by atoms with E-state index in [4.69, 9.17) is 5.73 Å². The second-order valence-corrected chi connectivity index (χ2v) is 3.38. The molecule has 0 atom stereocenters. The summed E-state index contributed by atoms with van der Waals surface area (Å²) in [5.74, 6) is -3.65. The molecule has 0 fully saturated rings. The zero-order valence-electron chi connectivity index (χ0n) is 8.84. The summed E-state index contributed by atoms with van der Waals surface area (Å²) in [4.78, 5) is 15.4. The second kappa shape index (κ2) is 4.98. The molecule has 0 aliphatic carbocycles. The molecule has 3 N–H and O–H groups in total. The molecule has 0 saturated heterocycles. The molecule has 6 heteroatoms. The number of aromatic nitrogens is 1. The molecule has 0 unspecified atom stereocenters. The van der Waals surface area contributed by atoms with Crippen molar-refractivity contribution >= 4 is 5.91 Å². The Bertz CT molecular complexity index is 382. The quantitative estimate of drug-likeness (QED) is 0.799. The third-order valence-corrected chi connectivity index (χ3v) is 2.06. The van der Waals surface area contributed by atoms with Crippen molar-refractivity contribution in [1.29, 1.82) is 0 Å². The maximum absolute atomic E-state index is 12.8. The average molecular weight is 229 g/mol. The number of alkyl halides is 2. The molecule has 0 spiro atoms. The van der Waals surface area contributed by atoms with Crippen molar-refractivity contribution in [2.75, 3.05) is 13.1 Å². The summed E-state index contributed by atoms with van der Waals surface area (Å²) in [6.07, 6.45) is 1.53. The maximum Gasteiger partial charge on any atom is 0.277 e. The van der Waals surface area contributed by atoms with Crippen LogP contribution in [0, 0.1) is 6.92 Å². The normalized spacial score (nSPS) is 11.2. The van der Waals surface area contributed by atoms with Gasteiger partial charge in [-0.15, -0.1) is 0 Å². The number of nitrogens with zero attached hydrogens (tertiary/aromatic N) is 1. The Morgan fingerprint density at radius 3 is 2.88 bits per heavy atom. The zero-order chi connectivity index (χ0) is 12.2. The smallest absolute Gasteiger partial charge is 0.277 e. The molecule has 0 radical (unpaired) electrons. The molecule has 0 aliphatic rings. The molecular weight excluding hydrogens is 216 g/mol. The Labute approximate surface area is 91.9 Å². The Balaban J connectivity index is 2.64. The van der Waals surface area contributed by atoms with Crippen LogP contribution < -0.4 is 11.1 Å². The molecule has 0 aliphatic heterocycles. The number of aryl methyl sites for hydroxylation is 1. The first-order valence-electron chi connectivity index (χ1n) is 4.74. The Hall–Kier alpha value is -1.56. The van der Waals surface area contributed by atoms with Crippen LogP contribution in [0.3, 0.4) is 0 Å². The number of nitrogens with two attached hydrogens (primary N) is 1. The summed E-state index contributed by atoms with van der Waals surface area (Å²) in [6, 6.07) is 3.10. The van der Waals surface area contributed by atoms with E-state index >= 15 is 0 Å². The van der Waals surface area contributed by atoms with Gasteiger partial charge in [0.05, 0.1) is 18.7 Å². The van der Waals surface area contributed by atoms with Gasteiger partial charge in [-0.1, -0.05) is 0 Å². The van der Waals surface area contributed by atoms with E-state index in [0.717, 1.165) is 0 Å². The summed E-state index contributed by atoms with van der Waals surface area (Å²) in [7, 11) is 0. The topological polar surface area (TPSA) is 68.0 Å². The van der Waals surface area contributed by atoms with Crippen LogP contribution in [0.2, 0.25) is 0 Å². The molecule has 1 rings (SSSR count). The van der Waals surface area contributed by atoms with Gasteiger partial charge < -0.3 is 11.1 Å². The number of nitrogens with one attached hydrogen (secondary N) is 1. The highest BCUT2D eigenvalue weighted by Crippen LogP contribution is 2.10. The molecule has 0 saturated carbocycles. The highest BCUT2D eigenvalue weighted by Gasteiger charge is 2.27. The minimum absolute atomic E-state index is 0.287. The minimum atomic E-state index is -3.08. The van der Waals surface area contributed by atoms with Crippen LogP contribution in [0.4, 0.5) is 8.78 Å². The van der Waals surface area contributed by atoms with Crippen molar-refractivity contribution in [1.82, 2.24) is 10.3 Å². The number of amides is 1. The van der Waals surface area contributed by atoms with E-state index in [2.05, 4.69) is 10.3 Å². The fourth-order valence-electron chi connectivity index (χ4n) is 1.10. The number of hydrogen-bond acceptors (Lipinski definition) is 3. The number of hydrogen-bond donors (Lipinski definition) is 2. The lowest BCUT2D eigenvalue weighted by molar-refractivity contribution is 0.0118. The van der Waals surface area contributed by atoms with Crippen molar-refractivity contribution < 1.29 is 13.6 Å². The van der Waals surface area contributed by atoms with Gasteiger partial charge in [-0.3, -0.25) is 9.78 Å². The van der Waals surface area contributed by atoms with Gasteiger partial charge in [0.15, 0.2) is 0 Å². The molecule has 1 aromatic rings. The fraction of sp³-hybridized carbons (Fsp3) is 0.400.